The molecule has 1 aliphatic rings. The molecule has 9 heteroatoms. The monoisotopic (exact) mass is 458 g/mol. The van der Waals surface area contributed by atoms with Gasteiger partial charge >= 0.3 is 24.8 Å². The van der Waals surface area contributed by atoms with Gasteiger partial charge in [0.25, 0.3) is 5.91 Å². The van der Waals surface area contributed by atoms with E-state index in [2.05, 4.69) is 0 Å². The predicted octanol–water partition coefficient (Wildman–Crippen LogP) is 3.14. The van der Waals surface area contributed by atoms with Crippen LogP contribution in [-0.4, -0.2) is 76.0 Å². The van der Waals surface area contributed by atoms with Crippen LogP contribution >= 0.6 is 24.2 Å². The van der Waals surface area contributed by atoms with E-state index in [-0.39, 0.29) is 42.4 Å². The first kappa shape index (κ1) is 27.4. The third-order valence-corrected chi connectivity index (χ3v) is 6.07. The van der Waals surface area contributed by atoms with E-state index in [1.807, 2.05) is 67.5 Å². The number of likely N-dealkylation sites (N-methyl/N-ethyl adjacent to an activating group) is 1. The van der Waals surface area contributed by atoms with Gasteiger partial charge in [0.15, 0.2) is 6.10 Å². The molecular formula is C22H28ClLiN2O4S. The van der Waals surface area contributed by atoms with Gasteiger partial charge in [0.1, 0.15) is 5.75 Å². The Bertz CT molecular complexity index is 882. The van der Waals surface area contributed by atoms with Crippen LogP contribution in [0.2, 0.25) is 0 Å². The fraction of sp³-hybridized carbons (Fsp3) is 0.364. The second-order valence-corrected chi connectivity index (χ2v) is 8.29. The van der Waals surface area contributed by atoms with Crippen LogP contribution in [-0.2, 0) is 14.3 Å². The summed E-state index contributed by atoms with van der Waals surface area (Å²) in [4.78, 5) is 30.2. The number of ether oxygens (including phenoxy) is 2. The van der Waals surface area contributed by atoms with Crippen molar-refractivity contribution >= 4 is 60.6 Å². The van der Waals surface area contributed by atoms with E-state index in [9.17, 15) is 9.59 Å². The fourth-order valence-corrected chi connectivity index (χ4v) is 4.56. The van der Waals surface area contributed by atoms with Crippen molar-refractivity contribution in [1.29, 1.82) is 0 Å². The molecule has 3 rings (SSSR count). The summed E-state index contributed by atoms with van der Waals surface area (Å²) in [5, 5.41) is -0.359. The number of anilines is 1. The minimum absolute atomic E-state index is 0. The molecule has 2 aromatic rings. The number of esters is 1. The zero-order valence-corrected chi connectivity index (χ0v) is 19.2. The fourth-order valence-electron chi connectivity index (χ4n) is 3.24. The Morgan fingerprint density at radius 3 is 2.35 bits per heavy atom. The van der Waals surface area contributed by atoms with Gasteiger partial charge < -0.3 is 19.3 Å². The first-order valence-corrected chi connectivity index (χ1v) is 10.3. The number of carbonyl (C=O) groups excluding carboxylic acids is 2. The summed E-state index contributed by atoms with van der Waals surface area (Å²) in [5.41, 5.74) is 1.75. The molecule has 0 N–H and O–H groups in total. The Morgan fingerprint density at radius 2 is 1.77 bits per heavy atom. The van der Waals surface area contributed by atoms with Crippen molar-refractivity contribution in [3.63, 3.8) is 0 Å². The molecule has 0 bridgehead atoms. The van der Waals surface area contributed by atoms with Crippen molar-refractivity contribution in [2.45, 2.75) is 23.2 Å². The van der Waals surface area contributed by atoms with Crippen molar-refractivity contribution in [2.24, 2.45) is 0 Å². The first-order valence-electron chi connectivity index (χ1n) is 9.43. The van der Waals surface area contributed by atoms with E-state index < -0.39 is 12.1 Å². The topological polar surface area (TPSA) is 59.1 Å². The van der Waals surface area contributed by atoms with E-state index in [4.69, 9.17) is 9.47 Å². The number of rotatable bonds is 6. The van der Waals surface area contributed by atoms with Gasteiger partial charge in [-0.3, -0.25) is 9.59 Å². The average Bonchev–Trinajstić information content (AvgIpc) is 2.81. The maximum atomic E-state index is 13.6. The van der Waals surface area contributed by atoms with Gasteiger partial charge in [0, 0.05) is 24.9 Å². The van der Waals surface area contributed by atoms with E-state index in [0.29, 0.717) is 13.1 Å². The Kier molecular flexibility index (Phi) is 11.0. The summed E-state index contributed by atoms with van der Waals surface area (Å²) in [7, 11) is 5.54. The summed E-state index contributed by atoms with van der Waals surface area (Å²) in [5.74, 6) is 0.0528. The van der Waals surface area contributed by atoms with Gasteiger partial charge in [-0.1, -0.05) is 24.3 Å². The molecule has 2 atom stereocenters. The predicted molar refractivity (Wildman–Crippen MR) is 129 cm³/mol. The third-order valence-electron chi connectivity index (χ3n) is 4.70. The molecule has 1 heterocycles. The second-order valence-electron chi connectivity index (χ2n) is 7.10. The number of benzene rings is 2. The Balaban J connectivity index is 0.00000240. The normalized spacial score (nSPS) is 17.7. The first-order chi connectivity index (χ1) is 13.9. The molecule has 0 aromatic heterocycles. The van der Waals surface area contributed by atoms with Crippen LogP contribution in [0.4, 0.5) is 5.69 Å². The summed E-state index contributed by atoms with van der Waals surface area (Å²) < 4.78 is 10.8. The maximum absolute atomic E-state index is 13.6. The molecule has 0 saturated carbocycles. The standard InChI is InChI=1S/C22H26N2O4S.ClH.Li.H/c1-15(25)28-20-21(16-9-11-17(27-4)12-10-16)29-19-8-6-5-7-18(19)24(22(20)26)14-13-23(2)3;;;/h5-12,20-21H,13-14H2,1-4H3;1H;;/t20-,21+;;;/m1.../s1. The molecule has 0 radical (unpaired) electrons. The van der Waals surface area contributed by atoms with Gasteiger partial charge in [-0.2, -0.15) is 0 Å². The Hall–Kier alpha value is -1.62. The van der Waals surface area contributed by atoms with Crippen molar-refractivity contribution in [1.82, 2.24) is 4.90 Å². The van der Waals surface area contributed by atoms with E-state index in [1.54, 1.807) is 23.8 Å². The average molecular weight is 459 g/mol. The van der Waals surface area contributed by atoms with Crippen LogP contribution in [0.1, 0.15) is 17.7 Å². The van der Waals surface area contributed by atoms with Crippen LogP contribution in [0.3, 0.4) is 0 Å². The van der Waals surface area contributed by atoms with Crippen LogP contribution in [0, 0.1) is 0 Å². The molecule has 1 amide bonds. The summed E-state index contributed by atoms with van der Waals surface area (Å²) in [6, 6.07) is 15.4. The molecule has 2 aromatic carbocycles. The van der Waals surface area contributed by atoms with Crippen LogP contribution < -0.4 is 9.64 Å². The molecule has 0 spiro atoms. The zero-order chi connectivity index (χ0) is 21.0. The number of fused-ring (bicyclic) bond motifs is 1. The van der Waals surface area contributed by atoms with Gasteiger partial charge in [-0.15, -0.1) is 24.2 Å². The number of para-hydroxylation sites is 1. The molecule has 6 nitrogen and oxygen atoms in total. The Labute approximate surface area is 206 Å². The van der Waals surface area contributed by atoms with Crippen LogP contribution in [0.25, 0.3) is 0 Å². The molecule has 0 aliphatic carbocycles. The van der Waals surface area contributed by atoms with Crippen molar-refractivity contribution in [3.05, 3.63) is 54.1 Å². The SMILES string of the molecule is COc1ccc([C@@H]2Sc3ccccc3N(CCN(C)C)C(=O)[C@@H]2OC(C)=O)cc1.Cl.[LiH]. The van der Waals surface area contributed by atoms with Crippen LogP contribution in [0.5, 0.6) is 5.75 Å². The summed E-state index contributed by atoms with van der Waals surface area (Å²) in [6.45, 7) is 2.55. The quantitative estimate of drug-likeness (QED) is 0.489. The molecule has 1 aliphatic heterocycles. The number of nitrogens with zero attached hydrogens (tertiary/aromatic N) is 2. The van der Waals surface area contributed by atoms with Gasteiger partial charge in [0.05, 0.1) is 18.0 Å². The number of hydrogen-bond acceptors (Lipinski definition) is 6. The van der Waals surface area contributed by atoms with Crippen molar-refractivity contribution in [3.8, 4) is 5.75 Å². The third kappa shape index (κ3) is 6.68. The number of hydrogen-bond donors (Lipinski definition) is 0. The number of methoxy groups -OCH3 is 1. The summed E-state index contributed by atoms with van der Waals surface area (Å²) in [6.07, 6.45) is -0.916. The molecule has 164 valence electrons. The summed E-state index contributed by atoms with van der Waals surface area (Å²) >= 11 is 1.54. The molecule has 0 fully saturated rings. The number of thioether (sulfide) groups is 1. The Morgan fingerprint density at radius 1 is 1.13 bits per heavy atom. The number of amides is 1. The minimum atomic E-state index is -0.916. The van der Waals surface area contributed by atoms with E-state index >= 15 is 0 Å². The molecule has 0 saturated heterocycles. The van der Waals surface area contributed by atoms with Crippen molar-refractivity contribution in [2.75, 3.05) is 39.2 Å². The van der Waals surface area contributed by atoms with Gasteiger partial charge in [-0.25, -0.2) is 0 Å². The molecule has 0 unspecified atom stereocenters. The van der Waals surface area contributed by atoms with E-state index in [0.717, 1.165) is 21.9 Å². The number of carbonyl (C=O) groups is 2. The zero-order valence-electron chi connectivity index (χ0n) is 17.5. The van der Waals surface area contributed by atoms with Gasteiger partial charge in [-0.05, 0) is 43.9 Å². The second kappa shape index (κ2) is 12.4. The molecule has 31 heavy (non-hydrogen) atoms. The van der Waals surface area contributed by atoms with Crippen molar-refractivity contribution < 1.29 is 19.1 Å². The van der Waals surface area contributed by atoms with Gasteiger partial charge in [0.2, 0.25) is 0 Å². The van der Waals surface area contributed by atoms with E-state index in [1.165, 1.54) is 6.92 Å². The molecular weight excluding hydrogens is 431 g/mol. The van der Waals surface area contributed by atoms with Crippen LogP contribution in [0.15, 0.2) is 53.4 Å². The number of halogens is 1.